The summed E-state index contributed by atoms with van der Waals surface area (Å²) in [6.45, 7) is 3.32. The summed E-state index contributed by atoms with van der Waals surface area (Å²) in [7, 11) is -3.55. The van der Waals surface area contributed by atoms with Crippen LogP contribution < -0.4 is 5.32 Å². The van der Waals surface area contributed by atoms with Gasteiger partial charge in [0.15, 0.2) is 4.34 Å². The first-order chi connectivity index (χ1) is 14.4. The third-order valence-electron chi connectivity index (χ3n) is 4.65. The van der Waals surface area contributed by atoms with Crippen molar-refractivity contribution in [2.24, 2.45) is 0 Å². The number of para-hydroxylation sites is 1. The summed E-state index contributed by atoms with van der Waals surface area (Å²) in [5, 5.41) is 2.50. The third-order valence-corrected chi connectivity index (χ3v) is 8.79. The summed E-state index contributed by atoms with van der Waals surface area (Å²) in [5.41, 5.74) is 1.48. The molecule has 0 bridgehead atoms. The van der Waals surface area contributed by atoms with Crippen molar-refractivity contribution in [2.45, 2.75) is 21.4 Å². The summed E-state index contributed by atoms with van der Waals surface area (Å²) < 4.78 is 33.9. The van der Waals surface area contributed by atoms with Crippen LogP contribution in [-0.2, 0) is 19.6 Å². The monoisotopic (exact) mass is 463 g/mol. The lowest BCUT2D eigenvalue weighted by Gasteiger charge is -2.26. The molecule has 0 aliphatic carbocycles. The van der Waals surface area contributed by atoms with Crippen LogP contribution in [0.15, 0.2) is 57.8 Å². The van der Waals surface area contributed by atoms with Crippen molar-refractivity contribution in [3.63, 3.8) is 0 Å². The molecule has 158 valence electrons. The molecule has 1 unspecified atom stereocenters. The molecule has 1 aliphatic heterocycles. The Labute approximate surface area is 183 Å². The number of morpholine rings is 1. The quantitative estimate of drug-likeness (QED) is 0.564. The maximum Gasteiger partial charge on any atom is 0.243 e. The van der Waals surface area contributed by atoms with E-state index in [1.165, 1.54) is 28.2 Å². The molecule has 3 aromatic rings. The van der Waals surface area contributed by atoms with Crippen LogP contribution in [0.2, 0.25) is 0 Å². The van der Waals surface area contributed by atoms with Crippen molar-refractivity contribution in [1.82, 2.24) is 9.29 Å². The minimum Gasteiger partial charge on any atom is -0.379 e. The number of sulfonamides is 1. The molecule has 30 heavy (non-hydrogen) atoms. The number of nitrogens with zero attached hydrogens (tertiary/aromatic N) is 2. The van der Waals surface area contributed by atoms with Crippen LogP contribution in [0.5, 0.6) is 0 Å². The number of thiazole rings is 1. The number of rotatable bonds is 6. The number of ether oxygens (including phenoxy) is 1. The van der Waals surface area contributed by atoms with E-state index < -0.39 is 10.0 Å². The predicted octanol–water partition coefficient (Wildman–Crippen LogP) is 3.44. The Morgan fingerprint density at radius 3 is 2.57 bits per heavy atom. The van der Waals surface area contributed by atoms with Crippen LogP contribution in [0.3, 0.4) is 0 Å². The molecule has 2 heterocycles. The molecule has 0 spiro atoms. The van der Waals surface area contributed by atoms with Gasteiger partial charge in [-0.1, -0.05) is 23.9 Å². The van der Waals surface area contributed by atoms with Crippen LogP contribution in [0.1, 0.15) is 6.92 Å². The highest BCUT2D eigenvalue weighted by atomic mass is 32.2. The fourth-order valence-electron chi connectivity index (χ4n) is 3.00. The molecule has 0 saturated carbocycles. The van der Waals surface area contributed by atoms with Gasteiger partial charge in [-0.25, -0.2) is 13.4 Å². The van der Waals surface area contributed by atoms with Crippen molar-refractivity contribution < 1.29 is 17.9 Å². The van der Waals surface area contributed by atoms with E-state index >= 15 is 0 Å². The van der Waals surface area contributed by atoms with Crippen molar-refractivity contribution >= 4 is 54.9 Å². The second-order valence-corrected chi connectivity index (χ2v) is 11.3. The predicted molar refractivity (Wildman–Crippen MR) is 120 cm³/mol. The number of anilines is 1. The molecule has 10 heteroatoms. The van der Waals surface area contributed by atoms with Crippen molar-refractivity contribution in [1.29, 1.82) is 0 Å². The van der Waals surface area contributed by atoms with Crippen LogP contribution >= 0.6 is 23.1 Å². The zero-order chi connectivity index (χ0) is 21.1. The number of fused-ring (bicyclic) bond motifs is 1. The molecule has 7 nitrogen and oxygen atoms in total. The highest BCUT2D eigenvalue weighted by molar-refractivity contribution is 8.02. The second-order valence-electron chi connectivity index (χ2n) is 6.74. The molecule has 0 radical (unpaired) electrons. The number of aromatic nitrogens is 1. The largest absolute Gasteiger partial charge is 0.379 e. The van der Waals surface area contributed by atoms with Gasteiger partial charge in [0.1, 0.15) is 0 Å². The second kappa shape index (κ2) is 9.03. The Morgan fingerprint density at radius 1 is 1.17 bits per heavy atom. The number of hydrogen-bond acceptors (Lipinski definition) is 7. The van der Waals surface area contributed by atoms with Crippen molar-refractivity contribution in [3.05, 3.63) is 48.5 Å². The highest BCUT2D eigenvalue weighted by Gasteiger charge is 2.26. The van der Waals surface area contributed by atoms with E-state index in [0.29, 0.717) is 32.0 Å². The summed E-state index contributed by atoms with van der Waals surface area (Å²) in [6.07, 6.45) is 0. The average molecular weight is 464 g/mol. The first-order valence-corrected chi connectivity index (χ1v) is 12.6. The van der Waals surface area contributed by atoms with E-state index in [-0.39, 0.29) is 16.1 Å². The average Bonchev–Trinajstić information content (AvgIpc) is 3.17. The smallest absolute Gasteiger partial charge is 0.243 e. The number of carbonyl (C=O) groups excluding carboxylic acids is 1. The van der Waals surface area contributed by atoms with E-state index in [4.69, 9.17) is 4.74 Å². The lowest BCUT2D eigenvalue weighted by atomic mass is 10.3. The lowest BCUT2D eigenvalue weighted by molar-refractivity contribution is -0.115. The number of thioether (sulfide) groups is 1. The van der Waals surface area contributed by atoms with Gasteiger partial charge in [-0.3, -0.25) is 4.79 Å². The summed E-state index contributed by atoms with van der Waals surface area (Å²) in [4.78, 5) is 17.3. The fraction of sp³-hybridized carbons (Fsp3) is 0.300. The van der Waals surface area contributed by atoms with Crippen LogP contribution in [0, 0.1) is 0 Å². The third kappa shape index (κ3) is 4.68. The molecule has 1 atom stereocenters. The summed E-state index contributed by atoms with van der Waals surface area (Å²) >= 11 is 2.96. The van der Waals surface area contributed by atoms with Crippen molar-refractivity contribution in [3.8, 4) is 0 Å². The maximum atomic E-state index is 12.7. The Hall–Kier alpha value is -1.98. The van der Waals surface area contributed by atoms with Gasteiger partial charge in [0.2, 0.25) is 15.9 Å². The van der Waals surface area contributed by atoms with Gasteiger partial charge < -0.3 is 10.1 Å². The summed E-state index contributed by atoms with van der Waals surface area (Å²) in [6, 6.07) is 14.1. The van der Waals surface area contributed by atoms with E-state index in [9.17, 15) is 13.2 Å². The molecule has 2 aromatic carbocycles. The lowest BCUT2D eigenvalue weighted by Crippen LogP contribution is -2.40. The molecule has 1 N–H and O–H groups in total. The zero-order valence-electron chi connectivity index (χ0n) is 16.3. The number of amides is 1. The SMILES string of the molecule is CC(Sc1nc2ccccc2s1)C(=O)Nc1ccc(S(=O)(=O)N2CCOCC2)cc1. The molecule has 1 fully saturated rings. The Kier molecular flexibility index (Phi) is 6.40. The standard InChI is InChI=1S/C20H21N3O4S3/c1-14(28-20-22-17-4-2-3-5-18(17)29-20)19(24)21-15-6-8-16(9-7-15)30(25,26)23-10-12-27-13-11-23/h2-9,14H,10-13H2,1H3,(H,21,24). The topological polar surface area (TPSA) is 88.6 Å². The molecule has 1 amide bonds. The van der Waals surface area contributed by atoms with E-state index in [0.717, 1.165) is 14.6 Å². The first kappa shape index (κ1) is 21.3. The molecular weight excluding hydrogens is 442 g/mol. The van der Waals surface area contributed by atoms with E-state index in [1.807, 2.05) is 31.2 Å². The molecule has 1 saturated heterocycles. The Bertz CT molecular complexity index is 1110. The molecule has 4 rings (SSSR count). The minimum atomic E-state index is -3.55. The number of nitrogens with one attached hydrogen (secondary N) is 1. The van der Waals surface area contributed by atoms with Crippen LogP contribution in [-0.4, -0.2) is 55.2 Å². The fourth-order valence-corrected chi connectivity index (χ4v) is 6.62. The number of hydrogen-bond donors (Lipinski definition) is 1. The normalized spacial score (nSPS) is 16.4. The van der Waals surface area contributed by atoms with Crippen LogP contribution in [0.25, 0.3) is 10.2 Å². The molecular formula is C20H21N3O4S3. The van der Waals surface area contributed by atoms with Crippen LogP contribution in [0.4, 0.5) is 5.69 Å². The van der Waals surface area contributed by atoms with Gasteiger partial charge in [-0.15, -0.1) is 11.3 Å². The number of carbonyl (C=O) groups is 1. The number of benzene rings is 2. The van der Waals surface area contributed by atoms with Gasteiger partial charge in [0, 0.05) is 18.8 Å². The van der Waals surface area contributed by atoms with Gasteiger partial charge >= 0.3 is 0 Å². The van der Waals surface area contributed by atoms with Gasteiger partial charge in [0.25, 0.3) is 0 Å². The van der Waals surface area contributed by atoms with Gasteiger partial charge in [0.05, 0.1) is 33.6 Å². The highest BCUT2D eigenvalue weighted by Crippen LogP contribution is 2.32. The maximum absolute atomic E-state index is 12.7. The Balaban J connectivity index is 1.39. The molecule has 1 aliphatic rings. The first-order valence-electron chi connectivity index (χ1n) is 9.44. The summed E-state index contributed by atoms with van der Waals surface area (Å²) in [5.74, 6) is -0.164. The van der Waals surface area contributed by atoms with Gasteiger partial charge in [-0.05, 0) is 43.3 Å². The zero-order valence-corrected chi connectivity index (χ0v) is 18.7. The van der Waals surface area contributed by atoms with Crippen molar-refractivity contribution in [2.75, 3.05) is 31.6 Å². The molecule has 1 aromatic heterocycles. The van der Waals surface area contributed by atoms with E-state index in [1.54, 1.807) is 23.5 Å². The van der Waals surface area contributed by atoms with Gasteiger partial charge in [-0.2, -0.15) is 4.31 Å². The Morgan fingerprint density at radius 2 is 1.87 bits per heavy atom. The minimum absolute atomic E-state index is 0.164. The van der Waals surface area contributed by atoms with E-state index in [2.05, 4.69) is 10.3 Å².